The van der Waals surface area contributed by atoms with Gasteiger partial charge in [0.05, 0.1) is 11.0 Å². The molecule has 3 unspecified atom stereocenters. The molecule has 40 heavy (non-hydrogen) atoms. The van der Waals surface area contributed by atoms with Gasteiger partial charge in [-0.15, -0.1) is 0 Å². The van der Waals surface area contributed by atoms with Crippen molar-refractivity contribution in [2.24, 2.45) is 16.8 Å². The maximum atomic E-state index is 6.36. The Balaban J connectivity index is 1.52. The summed E-state index contributed by atoms with van der Waals surface area (Å²) in [5, 5.41) is 6.18. The number of benzene rings is 4. The van der Waals surface area contributed by atoms with Crippen LogP contribution in [0.15, 0.2) is 107 Å². The van der Waals surface area contributed by atoms with Gasteiger partial charge in [-0.3, -0.25) is 4.40 Å². The smallest absolute Gasteiger partial charge is 0.142 e. The van der Waals surface area contributed by atoms with Crippen molar-refractivity contribution in [2.75, 3.05) is 0 Å². The third-order valence-corrected chi connectivity index (χ3v) is 10.0. The first-order valence-electron chi connectivity index (χ1n) is 14.0. The summed E-state index contributed by atoms with van der Waals surface area (Å²) in [5.41, 5.74) is 9.32. The summed E-state index contributed by atoms with van der Waals surface area (Å²) in [7, 11) is 0. The topological polar surface area (TPSA) is 29.9 Å². The van der Waals surface area contributed by atoms with E-state index in [-0.39, 0.29) is 0 Å². The number of halogens is 1. The van der Waals surface area contributed by atoms with Crippen molar-refractivity contribution in [2.45, 2.75) is 19.8 Å². The van der Waals surface area contributed by atoms with Gasteiger partial charge < -0.3 is 4.42 Å². The molecule has 9 rings (SSSR count). The molecular weight excluding hydrogens is 603 g/mol. The zero-order valence-corrected chi connectivity index (χ0v) is 24.3. The number of rotatable bonds is 1. The van der Waals surface area contributed by atoms with E-state index in [0.29, 0.717) is 17.8 Å². The Kier molecular flexibility index (Phi) is 4.62. The van der Waals surface area contributed by atoms with Crippen LogP contribution < -0.4 is 0 Å². The lowest BCUT2D eigenvalue weighted by molar-refractivity contribution is 0.447. The lowest BCUT2D eigenvalue weighted by atomic mass is 9.77. The van der Waals surface area contributed by atoms with Gasteiger partial charge in [0.25, 0.3) is 0 Å². The summed E-state index contributed by atoms with van der Waals surface area (Å²) in [6, 6.07) is 26.4. The highest BCUT2D eigenvalue weighted by Gasteiger charge is 2.35. The molecule has 1 aliphatic heterocycles. The molecule has 7 aromatic rings. The van der Waals surface area contributed by atoms with E-state index >= 15 is 0 Å². The van der Waals surface area contributed by atoms with E-state index in [4.69, 9.17) is 9.41 Å². The van der Waals surface area contributed by atoms with Gasteiger partial charge in [-0.25, -0.2) is 4.99 Å². The van der Waals surface area contributed by atoms with E-state index in [1.54, 1.807) is 0 Å². The highest BCUT2D eigenvalue weighted by atomic mass is 127. The molecule has 4 heterocycles. The average Bonchev–Trinajstić information content (AvgIpc) is 3.60. The fraction of sp³-hybridized carbons (Fsp3) is 0.139. The molecule has 3 aromatic heterocycles. The Morgan fingerprint density at radius 2 is 1.68 bits per heavy atom. The quantitative estimate of drug-likeness (QED) is 0.166. The number of nitrogens with zero attached hydrogens (tertiary/aromatic N) is 2. The summed E-state index contributed by atoms with van der Waals surface area (Å²) in [5.74, 6) is 2.18. The van der Waals surface area contributed by atoms with Gasteiger partial charge in [0.1, 0.15) is 17.0 Å². The van der Waals surface area contributed by atoms with Gasteiger partial charge in [0, 0.05) is 47.7 Å². The van der Waals surface area contributed by atoms with Crippen LogP contribution in [0.4, 0.5) is 5.82 Å². The molecule has 1 aliphatic carbocycles. The van der Waals surface area contributed by atoms with E-state index in [1.807, 2.05) is 6.07 Å². The molecule has 0 spiro atoms. The van der Waals surface area contributed by atoms with Crippen LogP contribution >= 0.6 is 22.6 Å². The number of hydrogen-bond acceptors (Lipinski definition) is 2. The third-order valence-electron chi connectivity index (χ3n) is 9.35. The molecule has 3 nitrogen and oxygen atoms in total. The minimum absolute atomic E-state index is 0.315. The van der Waals surface area contributed by atoms with E-state index in [0.717, 1.165) is 28.1 Å². The number of allylic oxidation sites excluding steroid dienone is 4. The maximum Gasteiger partial charge on any atom is 0.142 e. The van der Waals surface area contributed by atoms with Gasteiger partial charge in [-0.2, -0.15) is 0 Å². The predicted molar refractivity (Wildman–Crippen MR) is 175 cm³/mol. The zero-order chi connectivity index (χ0) is 26.7. The van der Waals surface area contributed by atoms with Gasteiger partial charge in [-0.1, -0.05) is 62.4 Å². The van der Waals surface area contributed by atoms with E-state index in [9.17, 15) is 0 Å². The van der Waals surface area contributed by atoms with Crippen LogP contribution in [0.2, 0.25) is 0 Å². The molecule has 0 amide bonds. The summed E-state index contributed by atoms with van der Waals surface area (Å²) >= 11 is 2.41. The first-order valence-corrected chi connectivity index (χ1v) is 15.0. The van der Waals surface area contributed by atoms with E-state index < -0.39 is 0 Å². The molecule has 0 N–H and O–H groups in total. The predicted octanol–water partition coefficient (Wildman–Crippen LogP) is 10.4. The molecular formula is C36H25IN2O. The van der Waals surface area contributed by atoms with Crippen LogP contribution in [0, 0.1) is 15.4 Å². The number of fused-ring (bicyclic) bond motifs is 11. The Morgan fingerprint density at radius 3 is 2.58 bits per heavy atom. The molecule has 4 aromatic carbocycles. The molecule has 0 bridgehead atoms. The van der Waals surface area contributed by atoms with Crippen LogP contribution in [0.5, 0.6) is 0 Å². The second-order valence-corrected chi connectivity index (χ2v) is 12.6. The Morgan fingerprint density at radius 1 is 0.800 bits per heavy atom. The standard InChI is InChI=1S/C36H25IN2O/c1-19-20(2)32-26-17-22(21-8-7-9-23(37)16-21)18-27-33-29(14-15-31-34(33)25-11-4-6-13-30(25)40-31)39(35(26)27)36(32)38-28-12-5-3-10-24(19)28/h3-20,24H,1-2H3. The lowest BCUT2D eigenvalue weighted by Gasteiger charge is -2.26. The minimum atomic E-state index is 0.315. The summed E-state index contributed by atoms with van der Waals surface area (Å²) in [6.45, 7) is 4.78. The summed E-state index contributed by atoms with van der Waals surface area (Å²) in [6.07, 6.45) is 8.83. The number of aliphatic imine (C=N–C) groups is 1. The van der Waals surface area contributed by atoms with Crippen LogP contribution in [0.1, 0.15) is 25.3 Å². The second-order valence-electron chi connectivity index (χ2n) is 11.4. The SMILES string of the molecule is CC1c2c(n3c4ccc5oc6ccccc6c5c4c4cc(-c5cccc(I)c5)cc2c43)N=C2C=CC=CC2C1C. The van der Waals surface area contributed by atoms with Crippen LogP contribution in [0.3, 0.4) is 0 Å². The van der Waals surface area contributed by atoms with Crippen molar-refractivity contribution in [3.05, 3.63) is 106 Å². The minimum Gasteiger partial charge on any atom is -0.456 e. The first kappa shape index (κ1) is 22.9. The summed E-state index contributed by atoms with van der Waals surface area (Å²) in [4.78, 5) is 5.47. The van der Waals surface area contributed by atoms with Gasteiger partial charge in [-0.05, 0) is 94.1 Å². The molecule has 2 aliphatic rings. The molecule has 0 saturated heterocycles. The molecule has 192 valence electrons. The third kappa shape index (κ3) is 2.92. The Hall–Kier alpha value is -3.90. The van der Waals surface area contributed by atoms with Gasteiger partial charge in [0.2, 0.25) is 0 Å². The van der Waals surface area contributed by atoms with Crippen molar-refractivity contribution in [1.82, 2.24) is 4.40 Å². The van der Waals surface area contributed by atoms with Crippen LogP contribution in [-0.4, -0.2) is 10.1 Å². The van der Waals surface area contributed by atoms with E-state index in [2.05, 4.69) is 132 Å². The fourth-order valence-electron chi connectivity index (χ4n) is 7.31. The Bertz CT molecular complexity index is 2280. The number of hydrogen-bond donors (Lipinski definition) is 0. The van der Waals surface area contributed by atoms with Crippen molar-refractivity contribution in [3.63, 3.8) is 0 Å². The molecule has 3 atom stereocenters. The Labute approximate surface area is 245 Å². The van der Waals surface area contributed by atoms with Gasteiger partial charge in [0.15, 0.2) is 0 Å². The highest BCUT2D eigenvalue weighted by Crippen LogP contribution is 2.52. The highest BCUT2D eigenvalue weighted by molar-refractivity contribution is 14.1. The largest absolute Gasteiger partial charge is 0.456 e. The maximum absolute atomic E-state index is 6.36. The second kappa shape index (κ2) is 8.07. The summed E-state index contributed by atoms with van der Waals surface area (Å²) < 4.78 is 10.0. The number of para-hydroxylation sites is 1. The number of furan rings is 1. The van der Waals surface area contributed by atoms with Crippen molar-refractivity contribution in [3.8, 4) is 11.1 Å². The molecule has 0 radical (unpaired) electrons. The molecule has 0 fully saturated rings. The number of aromatic nitrogens is 1. The average molecular weight is 629 g/mol. The lowest BCUT2D eigenvalue weighted by Crippen LogP contribution is -2.22. The zero-order valence-electron chi connectivity index (χ0n) is 22.2. The van der Waals surface area contributed by atoms with Crippen LogP contribution in [-0.2, 0) is 0 Å². The van der Waals surface area contributed by atoms with E-state index in [1.165, 1.54) is 52.8 Å². The fourth-order valence-corrected chi connectivity index (χ4v) is 7.85. The van der Waals surface area contributed by atoms with Crippen molar-refractivity contribution in [1.29, 1.82) is 0 Å². The normalized spacial score (nSPS) is 20.6. The monoisotopic (exact) mass is 628 g/mol. The van der Waals surface area contributed by atoms with Gasteiger partial charge >= 0.3 is 0 Å². The molecule has 4 heteroatoms. The van der Waals surface area contributed by atoms with Crippen molar-refractivity contribution < 1.29 is 4.42 Å². The van der Waals surface area contributed by atoms with Crippen molar-refractivity contribution >= 4 is 83.3 Å². The molecule has 0 saturated carbocycles. The van der Waals surface area contributed by atoms with Crippen LogP contribution in [0.25, 0.3) is 60.3 Å². The first-order chi connectivity index (χ1) is 19.6.